The number of rotatable bonds is 6. The molecule has 3 rings (SSSR count). The number of nitrogens with zero attached hydrogens (tertiary/aromatic N) is 4. The van der Waals surface area contributed by atoms with Crippen LogP contribution in [0, 0.1) is 5.92 Å². The second-order valence-corrected chi connectivity index (χ2v) is 7.75. The molecular formula is C19H26N4O3S. The standard InChI is InChI=1S/C19H26N4O3S/c1-13-6-5-9-23(11-13)17(24)12-27-19-21-20-18(22(19)2)14-7-8-15(25-3)16(10-14)26-4/h7-8,10,13H,5-6,9,11-12H2,1-4H3. The van der Waals surface area contributed by atoms with E-state index in [4.69, 9.17) is 9.47 Å². The second kappa shape index (κ2) is 8.65. The zero-order chi connectivity index (χ0) is 19.4. The average Bonchev–Trinajstić information content (AvgIpc) is 3.06. The number of carbonyl (C=O) groups is 1. The highest BCUT2D eigenvalue weighted by Gasteiger charge is 2.22. The molecule has 2 aromatic rings. The van der Waals surface area contributed by atoms with Crippen LogP contribution in [-0.4, -0.2) is 58.6 Å². The van der Waals surface area contributed by atoms with Crippen molar-refractivity contribution in [1.82, 2.24) is 19.7 Å². The number of ether oxygens (including phenoxy) is 2. The summed E-state index contributed by atoms with van der Waals surface area (Å²) in [6, 6.07) is 5.63. The zero-order valence-electron chi connectivity index (χ0n) is 16.3. The highest BCUT2D eigenvalue weighted by atomic mass is 32.2. The first-order valence-corrected chi connectivity index (χ1v) is 10.0. The molecule has 0 N–H and O–H groups in total. The van der Waals surface area contributed by atoms with Crippen molar-refractivity contribution in [3.05, 3.63) is 18.2 Å². The van der Waals surface area contributed by atoms with Gasteiger partial charge in [0.05, 0.1) is 20.0 Å². The van der Waals surface area contributed by atoms with Gasteiger partial charge >= 0.3 is 0 Å². The second-order valence-electron chi connectivity index (χ2n) is 6.81. The van der Waals surface area contributed by atoms with E-state index in [-0.39, 0.29) is 5.91 Å². The summed E-state index contributed by atoms with van der Waals surface area (Å²) in [5.41, 5.74) is 0.880. The third kappa shape index (κ3) is 4.37. The van der Waals surface area contributed by atoms with Crippen LogP contribution in [0.5, 0.6) is 11.5 Å². The summed E-state index contributed by atoms with van der Waals surface area (Å²) in [6.45, 7) is 3.92. The smallest absolute Gasteiger partial charge is 0.233 e. The van der Waals surface area contributed by atoms with Gasteiger partial charge < -0.3 is 18.9 Å². The molecule has 27 heavy (non-hydrogen) atoms. The Bertz CT molecular complexity index is 808. The molecule has 0 saturated carbocycles. The van der Waals surface area contributed by atoms with Crippen molar-refractivity contribution < 1.29 is 14.3 Å². The normalized spacial score (nSPS) is 17.0. The molecule has 0 bridgehead atoms. The fourth-order valence-electron chi connectivity index (χ4n) is 3.30. The van der Waals surface area contributed by atoms with E-state index < -0.39 is 0 Å². The van der Waals surface area contributed by atoms with Gasteiger partial charge in [0.25, 0.3) is 0 Å². The lowest BCUT2D eigenvalue weighted by Crippen LogP contribution is -2.40. The van der Waals surface area contributed by atoms with Gasteiger partial charge in [0, 0.05) is 25.7 Å². The first kappa shape index (κ1) is 19.5. The lowest BCUT2D eigenvalue weighted by atomic mass is 10.0. The molecular weight excluding hydrogens is 364 g/mol. The molecule has 0 aliphatic carbocycles. The van der Waals surface area contributed by atoms with Crippen molar-refractivity contribution in [1.29, 1.82) is 0 Å². The maximum atomic E-state index is 12.5. The summed E-state index contributed by atoms with van der Waals surface area (Å²) in [6.07, 6.45) is 2.29. The third-order valence-corrected chi connectivity index (χ3v) is 5.82. The molecule has 7 nitrogen and oxygen atoms in total. The van der Waals surface area contributed by atoms with Gasteiger partial charge in [0.15, 0.2) is 22.5 Å². The maximum Gasteiger partial charge on any atom is 0.233 e. The molecule has 1 aliphatic heterocycles. The highest BCUT2D eigenvalue weighted by Crippen LogP contribution is 2.32. The Labute approximate surface area is 164 Å². The quantitative estimate of drug-likeness (QED) is 0.707. The number of aromatic nitrogens is 3. The molecule has 0 spiro atoms. The van der Waals surface area contributed by atoms with Crippen molar-refractivity contribution >= 4 is 17.7 Å². The minimum atomic E-state index is 0.169. The summed E-state index contributed by atoms with van der Waals surface area (Å²) < 4.78 is 12.5. The number of carbonyl (C=O) groups excluding carboxylic acids is 1. The molecule has 1 fully saturated rings. The SMILES string of the molecule is COc1ccc(-c2nnc(SCC(=O)N3CCCC(C)C3)n2C)cc1OC. The molecule has 0 radical (unpaired) electrons. The lowest BCUT2D eigenvalue weighted by Gasteiger charge is -2.30. The number of hydrogen-bond acceptors (Lipinski definition) is 6. The summed E-state index contributed by atoms with van der Waals surface area (Å²) in [7, 11) is 5.11. The van der Waals surface area contributed by atoms with Crippen LogP contribution in [0.1, 0.15) is 19.8 Å². The summed E-state index contributed by atoms with van der Waals surface area (Å²) >= 11 is 1.43. The molecule has 1 amide bonds. The minimum Gasteiger partial charge on any atom is -0.493 e. The van der Waals surface area contributed by atoms with Crippen LogP contribution in [0.2, 0.25) is 0 Å². The first-order chi connectivity index (χ1) is 13.0. The Balaban J connectivity index is 1.69. The molecule has 1 atom stereocenters. The largest absolute Gasteiger partial charge is 0.493 e. The van der Waals surface area contributed by atoms with Crippen LogP contribution in [0.3, 0.4) is 0 Å². The van der Waals surface area contributed by atoms with Crippen LogP contribution in [0.15, 0.2) is 23.4 Å². The van der Waals surface area contributed by atoms with E-state index in [0.717, 1.165) is 36.1 Å². The number of likely N-dealkylation sites (tertiary alicyclic amines) is 1. The van der Waals surface area contributed by atoms with Crippen molar-refractivity contribution in [2.75, 3.05) is 33.1 Å². The van der Waals surface area contributed by atoms with E-state index in [2.05, 4.69) is 17.1 Å². The summed E-state index contributed by atoms with van der Waals surface area (Å²) in [4.78, 5) is 14.4. The van der Waals surface area contributed by atoms with Crippen LogP contribution in [-0.2, 0) is 11.8 Å². The van der Waals surface area contributed by atoms with E-state index in [9.17, 15) is 4.79 Å². The van der Waals surface area contributed by atoms with Gasteiger partial charge in [-0.05, 0) is 37.0 Å². The zero-order valence-corrected chi connectivity index (χ0v) is 17.1. The van der Waals surface area contributed by atoms with Crippen molar-refractivity contribution in [3.63, 3.8) is 0 Å². The van der Waals surface area contributed by atoms with Gasteiger partial charge in [-0.3, -0.25) is 4.79 Å². The van der Waals surface area contributed by atoms with Gasteiger partial charge in [-0.15, -0.1) is 10.2 Å². The fourth-order valence-corrected chi connectivity index (χ4v) is 4.11. The maximum absolute atomic E-state index is 12.5. The van der Waals surface area contributed by atoms with Gasteiger partial charge in [-0.25, -0.2) is 0 Å². The topological polar surface area (TPSA) is 69.5 Å². The van der Waals surface area contributed by atoms with Gasteiger partial charge in [0.1, 0.15) is 0 Å². The third-order valence-electron chi connectivity index (χ3n) is 4.81. The van der Waals surface area contributed by atoms with E-state index in [1.165, 1.54) is 18.2 Å². The Hall–Kier alpha value is -2.22. The molecule has 8 heteroatoms. The molecule has 2 heterocycles. The molecule has 146 valence electrons. The van der Waals surface area contributed by atoms with Crippen molar-refractivity contribution in [2.45, 2.75) is 24.9 Å². The Morgan fingerprint density at radius 1 is 1.26 bits per heavy atom. The number of amides is 1. The minimum absolute atomic E-state index is 0.169. The van der Waals surface area contributed by atoms with E-state index in [0.29, 0.717) is 23.2 Å². The lowest BCUT2D eigenvalue weighted by molar-refractivity contribution is -0.130. The number of benzene rings is 1. The van der Waals surface area contributed by atoms with Gasteiger partial charge in [-0.2, -0.15) is 0 Å². The van der Waals surface area contributed by atoms with Crippen molar-refractivity contribution in [2.24, 2.45) is 13.0 Å². The Morgan fingerprint density at radius 3 is 2.74 bits per heavy atom. The van der Waals surface area contributed by atoms with Crippen LogP contribution < -0.4 is 9.47 Å². The Kier molecular flexibility index (Phi) is 6.26. The molecule has 1 unspecified atom stereocenters. The van der Waals surface area contributed by atoms with E-state index in [1.807, 2.05) is 34.7 Å². The molecule has 1 aliphatic rings. The number of hydrogen-bond donors (Lipinski definition) is 0. The summed E-state index contributed by atoms with van der Waals surface area (Å²) in [5.74, 6) is 3.16. The average molecular weight is 391 g/mol. The van der Waals surface area contributed by atoms with E-state index in [1.54, 1.807) is 14.2 Å². The molecule has 1 aromatic heterocycles. The monoisotopic (exact) mass is 390 g/mol. The highest BCUT2D eigenvalue weighted by molar-refractivity contribution is 7.99. The number of piperidine rings is 1. The van der Waals surface area contributed by atoms with Gasteiger partial charge in [0.2, 0.25) is 5.91 Å². The molecule has 1 aromatic carbocycles. The van der Waals surface area contributed by atoms with Crippen LogP contribution in [0.4, 0.5) is 0 Å². The number of methoxy groups -OCH3 is 2. The predicted molar refractivity (Wildman–Crippen MR) is 105 cm³/mol. The van der Waals surface area contributed by atoms with Crippen LogP contribution >= 0.6 is 11.8 Å². The summed E-state index contributed by atoms with van der Waals surface area (Å²) in [5, 5.41) is 9.27. The van der Waals surface area contributed by atoms with E-state index >= 15 is 0 Å². The van der Waals surface area contributed by atoms with Gasteiger partial charge in [-0.1, -0.05) is 18.7 Å². The number of thioether (sulfide) groups is 1. The molecule has 1 saturated heterocycles. The first-order valence-electron chi connectivity index (χ1n) is 9.05. The predicted octanol–water partition coefficient (Wildman–Crippen LogP) is 2.85. The fraction of sp³-hybridized carbons (Fsp3) is 0.526. The van der Waals surface area contributed by atoms with Crippen LogP contribution in [0.25, 0.3) is 11.4 Å². The van der Waals surface area contributed by atoms with Crippen molar-refractivity contribution in [3.8, 4) is 22.9 Å². The Morgan fingerprint density at radius 2 is 2.04 bits per heavy atom.